The van der Waals surface area contributed by atoms with Gasteiger partial charge in [0.05, 0.1) is 12.7 Å². The summed E-state index contributed by atoms with van der Waals surface area (Å²) >= 11 is 1.43. The minimum Gasteiger partial charge on any atom is -0.394 e. The maximum absolute atomic E-state index is 11.7. The first-order valence-corrected chi connectivity index (χ1v) is 6.62. The molecule has 1 heterocycles. The Morgan fingerprint density at radius 2 is 2.28 bits per heavy atom. The van der Waals surface area contributed by atoms with E-state index in [-0.39, 0.29) is 12.5 Å². The highest BCUT2D eigenvalue weighted by Crippen LogP contribution is 2.36. The summed E-state index contributed by atoms with van der Waals surface area (Å²) in [6.07, 6.45) is -0.732. The fourth-order valence-corrected chi connectivity index (χ4v) is 2.72. The van der Waals surface area contributed by atoms with Crippen LogP contribution in [0.15, 0.2) is 23.1 Å². The van der Waals surface area contributed by atoms with Gasteiger partial charge in [0.25, 0.3) is 0 Å². The van der Waals surface area contributed by atoms with Crippen LogP contribution in [0.5, 0.6) is 0 Å². The smallest absolute Gasteiger partial charge is 0.248 e. The molecule has 0 bridgehead atoms. The summed E-state index contributed by atoms with van der Waals surface area (Å²) in [7, 11) is 1.70. The Labute approximate surface area is 110 Å². The average molecular weight is 268 g/mol. The van der Waals surface area contributed by atoms with Crippen molar-refractivity contribution in [3.8, 4) is 0 Å². The lowest BCUT2D eigenvalue weighted by Crippen LogP contribution is -2.27. The first-order chi connectivity index (χ1) is 8.54. The van der Waals surface area contributed by atoms with Crippen LogP contribution in [0, 0.1) is 0 Å². The Kier molecular flexibility index (Phi) is 3.91. The van der Waals surface area contributed by atoms with Gasteiger partial charge in [-0.05, 0) is 12.1 Å². The zero-order chi connectivity index (χ0) is 13.3. The average Bonchev–Trinajstić information content (AvgIpc) is 2.61. The highest BCUT2D eigenvalue weighted by atomic mass is 32.2. The summed E-state index contributed by atoms with van der Waals surface area (Å²) < 4.78 is 0. The predicted molar refractivity (Wildman–Crippen MR) is 70.6 cm³/mol. The fourth-order valence-electron chi connectivity index (χ4n) is 1.87. The second kappa shape index (κ2) is 5.27. The lowest BCUT2D eigenvalue weighted by molar-refractivity contribution is -0.118. The molecular formula is C12H16N2O3S. The van der Waals surface area contributed by atoms with Crippen molar-refractivity contribution in [1.29, 1.82) is 0 Å². The standard InChI is InChI=1S/C12H16N2O3S/c1-14-10-4-8(18-6-7(16)5-15)2-3-9(10)11(13)12(14)17/h2-4,7,11,15-16H,5-6,13H2,1H3. The van der Waals surface area contributed by atoms with Crippen LogP contribution in [0.1, 0.15) is 11.6 Å². The molecule has 0 saturated heterocycles. The van der Waals surface area contributed by atoms with Crippen LogP contribution in [-0.4, -0.2) is 41.6 Å². The van der Waals surface area contributed by atoms with E-state index in [4.69, 9.17) is 10.8 Å². The number of hydrogen-bond acceptors (Lipinski definition) is 5. The fraction of sp³-hybridized carbons (Fsp3) is 0.417. The molecule has 0 aromatic heterocycles. The van der Waals surface area contributed by atoms with Crippen molar-refractivity contribution in [3.63, 3.8) is 0 Å². The number of carbonyl (C=O) groups excluding carboxylic acids is 1. The van der Waals surface area contributed by atoms with Crippen molar-refractivity contribution in [1.82, 2.24) is 0 Å². The number of fused-ring (bicyclic) bond motifs is 1. The summed E-state index contributed by atoms with van der Waals surface area (Å²) in [5.74, 6) is 0.307. The molecule has 1 aromatic rings. The Bertz CT molecular complexity index is 467. The van der Waals surface area contributed by atoms with E-state index < -0.39 is 12.1 Å². The van der Waals surface area contributed by atoms with Crippen LogP contribution in [0.25, 0.3) is 0 Å². The number of likely N-dealkylation sites (N-methyl/N-ethyl adjacent to an activating group) is 1. The van der Waals surface area contributed by atoms with Gasteiger partial charge < -0.3 is 20.8 Å². The van der Waals surface area contributed by atoms with E-state index >= 15 is 0 Å². The molecule has 5 nitrogen and oxygen atoms in total. The number of aliphatic hydroxyl groups excluding tert-OH is 2. The normalized spacial score (nSPS) is 20.1. The second-order valence-electron chi connectivity index (χ2n) is 4.24. The molecule has 98 valence electrons. The van der Waals surface area contributed by atoms with E-state index in [1.165, 1.54) is 11.8 Å². The van der Waals surface area contributed by atoms with Crippen LogP contribution in [0.2, 0.25) is 0 Å². The number of carbonyl (C=O) groups is 1. The predicted octanol–water partition coefficient (Wildman–Crippen LogP) is 0.108. The van der Waals surface area contributed by atoms with Crippen LogP contribution in [-0.2, 0) is 4.79 Å². The van der Waals surface area contributed by atoms with Gasteiger partial charge >= 0.3 is 0 Å². The van der Waals surface area contributed by atoms with Crippen LogP contribution in [0.4, 0.5) is 5.69 Å². The first kappa shape index (κ1) is 13.4. The largest absolute Gasteiger partial charge is 0.394 e. The third kappa shape index (κ3) is 2.37. The number of amides is 1. The molecule has 1 aromatic carbocycles. The zero-order valence-corrected chi connectivity index (χ0v) is 10.9. The molecule has 0 radical (unpaired) electrons. The third-order valence-corrected chi connectivity index (χ3v) is 4.09. The summed E-state index contributed by atoms with van der Waals surface area (Å²) in [5, 5.41) is 18.0. The van der Waals surface area contributed by atoms with Crippen molar-refractivity contribution in [3.05, 3.63) is 23.8 Å². The molecule has 0 saturated carbocycles. The molecule has 0 spiro atoms. The van der Waals surface area contributed by atoms with Crippen molar-refractivity contribution in [2.45, 2.75) is 17.0 Å². The van der Waals surface area contributed by atoms with Crippen LogP contribution in [0.3, 0.4) is 0 Å². The topological polar surface area (TPSA) is 86.8 Å². The van der Waals surface area contributed by atoms with E-state index in [1.54, 1.807) is 11.9 Å². The maximum Gasteiger partial charge on any atom is 0.248 e. The van der Waals surface area contributed by atoms with Crippen molar-refractivity contribution in [2.24, 2.45) is 5.73 Å². The number of benzene rings is 1. The molecule has 2 atom stereocenters. The summed E-state index contributed by atoms with van der Waals surface area (Å²) in [6.45, 7) is -0.249. The molecule has 1 aliphatic heterocycles. The van der Waals surface area contributed by atoms with Crippen LogP contribution >= 0.6 is 11.8 Å². The molecule has 0 fully saturated rings. The first-order valence-electron chi connectivity index (χ1n) is 5.63. The Morgan fingerprint density at radius 3 is 2.94 bits per heavy atom. The third-order valence-electron chi connectivity index (χ3n) is 2.95. The molecule has 1 aliphatic rings. The number of thioether (sulfide) groups is 1. The lowest BCUT2D eigenvalue weighted by atomic mass is 10.1. The van der Waals surface area contributed by atoms with Gasteiger partial charge in [-0.25, -0.2) is 0 Å². The van der Waals surface area contributed by atoms with E-state index in [0.717, 1.165) is 16.1 Å². The van der Waals surface area contributed by atoms with Gasteiger partial charge in [-0.1, -0.05) is 6.07 Å². The number of hydrogen-bond donors (Lipinski definition) is 3. The Morgan fingerprint density at radius 1 is 1.56 bits per heavy atom. The van der Waals surface area contributed by atoms with Gasteiger partial charge in [0.2, 0.25) is 5.91 Å². The minimum absolute atomic E-state index is 0.109. The minimum atomic E-state index is -0.732. The van der Waals surface area contributed by atoms with Gasteiger partial charge in [-0.15, -0.1) is 11.8 Å². The number of aliphatic hydroxyl groups is 2. The van der Waals surface area contributed by atoms with Gasteiger partial charge in [0.1, 0.15) is 6.04 Å². The second-order valence-corrected chi connectivity index (χ2v) is 5.34. The number of nitrogens with two attached hydrogens (primary N) is 1. The molecule has 2 rings (SSSR count). The van der Waals surface area contributed by atoms with E-state index in [0.29, 0.717) is 5.75 Å². The Hall–Kier alpha value is -1.08. The van der Waals surface area contributed by atoms with Gasteiger partial charge in [-0.3, -0.25) is 4.79 Å². The summed E-state index contributed by atoms with van der Waals surface area (Å²) in [4.78, 5) is 14.2. The molecule has 0 aliphatic carbocycles. The van der Waals surface area contributed by atoms with Crippen molar-refractivity contribution < 1.29 is 15.0 Å². The molecule has 2 unspecified atom stereocenters. The number of nitrogens with zero attached hydrogens (tertiary/aromatic N) is 1. The van der Waals surface area contributed by atoms with E-state index in [1.807, 2.05) is 18.2 Å². The Balaban J connectivity index is 2.16. The maximum atomic E-state index is 11.7. The quantitative estimate of drug-likeness (QED) is 0.675. The van der Waals surface area contributed by atoms with E-state index in [9.17, 15) is 9.90 Å². The van der Waals surface area contributed by atoms with Crippen LogP contribution < -0.4 is 10.6 Å². The SMILES string of the molecule is CN1C(=O)C(N)c2ccc(SCC(O)CO)cc21. The van der Waals surface area contributed by atoms with Gasteiger partial charge in [0.15, 0.2) is 0 Å². The lowest BCUT2D eigenvalue weighted by Gasteiger charge is -2.12. The van der Waals surface area contributed by atoms with Crippen molar-refractivity contribution in [2.75, 3.05) is 24.3 Å². The zero-order valence-electron chi connectivity index (χ0n) is 10.0. The highest BCUT2D eigenvalue weighted by molar-refractivity contribution is 7.99. The number of rotatable bonds is 4. The van der Waals surface area contributed by atoms with Gasteiger partial charge in [0, 0.05) is 28.9 Å². The summed E-state index contributed by atoms with van der Waals surface area (Å²) in [6, 6.07) is 5.02. The monoisotopic (exact) mass is 268 g/mol. The summed E-state index contributed by atoms with van der Waals surface area (Å²) in [5.41, 5.74) is 7.45. The highest BCUT2D eigenvalue weighted by Gasteiger charge is 2.32. The van der Waals surface area contributed by atoms with E-state index in [2.05, 4.69) is 0 Å². The molecule has 6 heteroatoms. The molecule has 18 heavy (non-hydrogen) atoms. The molecule has 4 N–H and O–H groups in total. The number of anilines is 1. The molecular weight excluding hydrogens is 252 g/mol. The van der Waals surface area contributed by atoms with Crippen molar-refractivity contribution >= 4 is 23.4 Å². The molecule has 1 amide bonds. The van der Waals surface area contributed by atoms with Gasteiger partial charge in [-0.2, -0.15) is 0 Å².